The fourth-order valence-electron chi connectivity index (χ4n) is 3.02. The number of hydrogen-bond acceptors (Lipinski definition) is 1. The zero-order valence-corrected chi connectivity index (χ0v) is 16.1. The number of amidine groups is 1. The predicted molar refractivity (Wildman–Crippen MR) is 107 cm³/mol. The van der Waals surface area contributed by atoms with Crippen molar-refractivity contribution in [2.45, 2.75) is 60.3 Å². The maximum Gasteiger partial charge on any atom is 0.103 e. The highest BCUT2D eigenvalue weighted by molar-refractivity contribution is 5.97. The molecule has 0 radical (unpaired) electrons. The first-order valence-electron chi connectivity index (χ1n) is 8.82. The molecule has 2 nitrogen and oxygen atoms in total. The van der Waals surface area contributed by atoms with Crippen molar-refractivity contribution in [2.75, 3.05) is 5.32 Å². The van der Waals surface area contributed by atoms with Crippen LogP contribution in [0.3, 0.4) is 0 Å². The summed E-state index contributed by atoms with van der Waals surface area (Å²) in [5.41, 5.74) is 7.38. The lowest BCUT2D eigenvalue weighted by atomic mass is 9.98. The van der Waals surface area contributed by atoms with Gasteiger partial charge in [-0.1, -0.05) is 64.1 Å². The maximum absolute atomic E-state index is 4.92. The molecule has 0 fully saturated rings. The van der Waals surface area contributed by atoms with Gasteiger partial charge in [0.15, 0.2) is 0 Å². The molecule has 2 aromatic rings. The van der Waals surface area contributed by atoms with Gasteiger partial charge in [0, 0.05) is 5.69 Å². The Morgan fingerprint density at radius 2 is 1.38 bits per heavy atom. The zero-order chi connectivity index (χ0) is 17.9. The molecule has 0 bridgehead atoms. The van der Waals surface area contributed by atoms with Crippen molar-refractivity contribution in [3.05, 3.63) is 58.7 Å². The summed E-state index contributed by atoms with van der Waals surface area (Å²) < 4.78 is 0. The molecule has 0 aliphatic carbocycles. The van der Waals surface area contributed by atoms with Crippen molar-refractivity contribution in [1.29, 1.82) is 0 Å². The molecule has 128 valence electrons. The van der Waals surface area contributed by atoms with Crippen molar-refractivity contribution in [2.24, 2.45) is 4.99 Å². The summed E-state index contributed by atoms with van der Waals surface area (Å²) in [6, 6.07) is 12.9. The number of anilines is 1. The monoisotopic (exact) mass is 322 g/mol. The van der Waals surface area contributed by atoms with Gasteiger partial charge in [-0.3, -0.25) is 0 Å². The first-order valence-corrected chi connectivity index (χ1v) is 8.82. The van der Waals surface area contributed by atoms with Gasteiger partial charge >= 0.3 is 0 Å². The van der Waals surface area contributed by atoms with E-state index in [4.69, 9.17) is 4.99 Å². The van der Waals surface area contributed by atoms with Crippen LogP contribution in [0.4, 0.5) is 11.4 Å². The summed E-state index contributed by atoms with van der Waals surface area (Å²) in [7, 11) is 0. The van der Waals surface area contributed by atoms with Gasteiger partial charge in [0.25, 0.3) is 0 Å². The lowest BCUT2D eigenvalue weighted by Gasteiger charge is -2.18. The Labute approximate surface area is 147 Å². The highest BCUT2D eigenvalue weighted by atomic mass is 15.0. The van der Waals surface area contributed by atoms with E-state index in [-0.39, 0.29) is 0 Å². The van der Waals surface area contributed by atoms with E-state index in [0.29, 0.717) is 11.8 Å². The molecular weight excluding hydrogens is 292 g/mol. The summed E-state index contributed by atoms with van der Waals surface area (Å²) >= 11 is 0. The van der Waals surface area contributed by atoms with Crippen LogP contribution < -0.4 is 5.32 Å². The number of aryl methyl sites for hydroxylation is 2. The molecule has 0 amide bonds. The van der Waals surface area contributed by atoms with Crippen LogP contribution in [0.15, 0.2) is 41.4 Å². The molecule has 2 aromatic carbocycles. The second kappa shape index (κ2) is 7.65. The van der Waals surface area contributed by atoms with E-state index in [2.05, 4.69) is 83.3 Å². The molecular formula is C22H30N2. The minimum absolute atomic E-state index is 0.459. The molecule has 0 aliphatic rings. The summed E-state index contributed by atoms with van der Waals surface area (Å²) in [5.74, 6) is 1.87. The average Bonchev–Trinajstić information content (AvgIpc) is 2.50. The molecule has 0 heterocycles. The van der Waals surface area contributed by atoms with E-state index in [0.717, 1.165) is 11.5 Å². The largest absolute Gasteiger partial charge is 0.344 e. The highest BCUT2D eigenvalue weighted by Crippen LogP contribution is 2.31. The first-order chi connectivity index (χ1) is 11.3. The predicted octanol–water partition coefficient (Wildman–Crippen LogP) is 6.71. The van der Waals surface area contributed by atoms with Gasteiger partial charge in [0.2, 0.25) is 0 Å². The normalized spacial score (nSPS) is 12.1. The Morgan fingerprint density at radius 3 is 1.96 bits per heavy atom. The summed E-state index contributed by atoms with van der Waals surface area (Å²) in [6.45, 7) is 15.2. The van der Waals surface area contributed by atoms with Gasteiger partial charge in [-0.2, -0.15) is 0 Å². The summed E-state index contributed by atoms with van der Waals surface area (Å²) in [6.07, 6.45) is 0. The number of benzene rings is 2. The van der Waals surface area contributed by atoms with Gasteiger partial charge in [-0.05, 0) is 54.9 Å². The SMILES string of the molecule is CC(=Nc1c(C)cccc1C(C)C)Nc1c(C)cccc1C(C)C. The van der Waals surface area contributed by atoms with Gasteiger partial charge < -0.3 is 5.32 Å². The van der Waals surface area contributed by atoms with Crippen molar-refractivity contribution < 1.29 is 0 Å². The minimum Gasteiger partial charge on any atom is -0.344 e. The van der Waals surface area contributed by atoms with Gasteiger partial charge in [0.1, 0.15) is 5.84 Å². The van der Waals surface area contributed by atoms with Crippen LogP contribution in [-0.2, 0) is 0 Å². The first kappa shape index (κ1) is 18.3. The molecule has 0 aliphatic heterocycles. The molecule has 0 unspecified atom stereocenters. The smallest absolute Gasteiger partial charge is 0.103 e. The van der Waals surface area contributed by atoms with E-state index in [1.54, 1.807) is 0 Å². The van der Waals surface area contributed by atoms with Gasteiger partial charge in [0.05, 0.1) is 5.69 Å². The van der Waals surface area contributed by atoms with Crippen LogP contribution in [0, 0.1) is 13.8 Å². The lowest BCUT2D eigenvalue weighted by Crippen LogP contribution is -2.11. The standard InChI is InChI=1S/C22H30N2/c1-14(2)19-12-8-10-16(5)21(19)23-18(7)24-22-17(6)11-9-13-20(22)15(3)4/h8-15H,1-7H3,(H,23,24). The van der Waals surface area contributed by atoms with Crippen LogP contribution in [-0.4, -0.2) is 5.84 Å². The van der Waals surface area contributed by atoms with E-state index in [1.807, 2.05) is 6.92 Å². The van der Waals surface area contributed by atoms with Gasteiger partial charge in [-0.25, -0.2) is 4.99 Å². The van der Waals surface area contributed by atoms with Crippen LogP contribution in [0.5, 0.6) is 0 Å². The maximum atomic E-state index is 4.92. The molecule has 0 spiro atoms. The molecule has 0 atom stereocenters. The summed E-state index contributed by atoms with van der Waals surface area (Å²) in [5, 5.41) is 3.55. The average molecular weight is 322 g/mol. The molecule has 2 rings (SSSR count). The molecule has 2 heteroatoms. The number of nitrogens with one attached hydrogen (secondary N) is 1. The fraction of sp³-hybridized carbons (Fsp3) is 0.409. The molecule has 24 heavy (non-hydrogen) atoms. The summed E-state index contributed by atoms with van der Waals surface area (Å²) in [4.78, 5) is 4.92. The van der Waals surface area contributed by atoms with Crippen LogP contribution in [0.1, 0.15) is 68.7 Å². The van der Waals surface area contributed by atoms with Crippen molar-refractivity contribution in [3.8, 4) is 0 Å². The van der Waals surface area contributed by atoms with Gasteiger partial charge in [-0.15, -0.1) is 0 Å². The van der Waals surface area contributed by atoms with E-state index in [9.17, 15) is 0 Å². The van der Waals surface area contributed by atoms with Crippen LogP contribution >= 0.6 is 0 Å². The molecule has 1 N–H and O–H groups in total. The number of rotatable bonds is 4. The number of nitrogens with zero attached hydrogens (tertiary/aromatic N) is 1. The second-order valence-corrected chi connectivity index (χ2v) is 7.18. The Kier molecular flexibility index (Phi) is 5.82. The zero-order valence-electron chi connectivity index (χ0n) is 16.1. The van der Waals surface area contributed by atoms with Crippen LogP contribution in [0.2, 0.25) is 0 Å². The van der Waals surface area contributed by atoms with E-state index < -0.39 is 0 Å². The number of aliphatic imine (C=N–C) groups is 1. The number of hydrogen-bond donors (Lipinski definition) is 1. The third kappa shape index (κ3) is 4.05. The third-order valence-corrected chi connectivity index (χ3v) is 4.40. The van der Waals surface area contributed by atoms with E-state index in [1.165, 1.54) is 27.9 Å². The molecule has 0 saturated heterocycles. The Hall–Kier alpha value is -2.09. The highest BCUT2D eigenvalue weighted by Gasteiger charge is 2.11. The molecule has 0 aromatic heterocycles. The lowest BCUT2D eigenvalue weighted by molar-refractivity contribution is 0.864. The van der Waals surface area contributed by atoms with Crippen molar-refractivity contribution in [3.63, 3.8) is 0 Å². The Balaban J connectivity index is 2.42. The topological polar surface area (TPSA) is 24.4 Å². The minimum atomic E-state index is 0.459. The second-order valence-electron chi connectivity index (χ2n) is 7.18. The van der Waals surface area contributed by atoms with E-state index >= 15 is 0 Å². The van der Waals surface area contributed by atoms with Crippen molar-refractivity contribution >= 4 is 17.2 Å². The fourth-order valence-corrected chi connectivity index (χ4v) is 3.02. The molecule has 0 saturated carbocycles. The number of para-hydroxylation sites is 2. The Bertz CT molecular complexity index is 740. The Morgan fingerprint density at radius 1 is 0.833 bits per heavy atom. The van der Waals surface area contributed by atoms with Crippen molar-refractivity contribution in [1.82, 2.24) is 0 Å². The van der Waals surface area contributed by atoms with Crippen LogP contribution in [0.25, 0.3) is 0 Å². The quantitative estimate of drug-likeness (QED) is 0.491. The third-order valence-electron chi connectivity index (χ3n) is 4.40.